The van der Waals surface area contributed by atoms with Gasteiger partial charge in [-0.15, -0.1) is 0 Å². The third-order valence-corrected chi connectivity index (χ3v) is 1.68. The van der Waals surface area contributed by atoms with Crippen molar-refractivity contribution in [2.45, 2.75) is 19.8 Å². The summed E-state index contributed by atoms with van der Waals surface area (Å²) in [5.41, 5.74) is 5.22. The molecular weight excluding hydrogens is 206 g/mol. The average Bonchev–Trinajstić information content (AvgIpc) is 2.17. The van der Waals surface area contributed by atoms with Crippen LogP contribution in [-0.2, 0) is 9.53 Å². The van der Waals surface area contributed by atoms with Gasteiger partial charge in [0.2, 0.25) is 5.91 Å². The lowest BCUT2D eigenvalue weighted by Crippen LogP contribution is -2.40. The largest absolute Gasteiger partial charge is 0.372 e. The highest BCUT2D eigenvalue weighted by Crippen LogP contribution is 1.99. The molecule has 0 aromatic heterocycles. The number of rotatable bonds is 8. The summed E-state index contributed by atoms with van der Waals surface area (Å²) in [6, 6.07) is 0. The quantitative estimate of drug-likeness (QED) is 0.610. The molecule has 0 radical (unpaired) electrons. The van der Waals surface area contributed by atoms with Gasteiger partial charge in [-0.1, -0.05) is 6.92 Å². The van der Waals surface area contributed by atoms with E-state index in [0.717, 1.165) is 11.3 Å². The number of nitrogens with zero attached hydrogens (tertiary/aromatic N) is 1. The number of hydrogen-bond acceptors (Lipinski definition) is 3. The lowest BCUT2D eigenvalue weighted by Gasteiger charge is -2.21. The highest BCUT2D eigenvalue weighted by atomic mass is 19.3. The van der Waals surface area contributed by atoms with Gasteiger partial charge in [0.1, 0.15) is 6.61 Å². The molecule has 90 valence electrons. The number of nitrogens with two attached hydrogens (primary N) is 1. The lowest BCUT2D eigenvalue weighted by atomic mass is 10.4. The molecule has 0 spiro atoms. The highest BCUT2D eigenvalue weighted by Gasteiger charge is 2.17. The van der Waals surface area contributed by atoms with Gasteiger partial charge in [0.15, 0.2) is 0 Å². The number of ether oxygens (including phenoxy) is 1. The van der Waals surface area contributed by atoms with Gasteiger partial charge in [-0.3, -0.25) is 4.79 Å². The summed E-state index contributed by atoms with van der Waals surface area (Å²) in [5.74, 6) is -0.436. The van der Waals surface area contributed by atoms with Crippen LogP contribution in [0.4, 0.5) is 8.78 Å². The van der Waals surface area contributed by atoms with E-state index in [1.54, 1.807) is 0 Å². The number of carbonyl (C=O) groups excluding carboxylic acids is 1. The Bertz CT molecular complexity index is 179. The number of alkyl halides is 2. The number of amides is 1. The second kappa shape index (κ2) is 8.55. The van der Waals surface area contributed by atoms with Crippen molar-refractivity contribution in [1.82, 2.24) is 4.90 Å². The number of hydrogen-bond donors (Lipinski definition) is 1. The SMILES string of the molecule is CCCOCC(=O)N(CCN)CC(F)F. The summed E-state index contributed by atoms with van der Waals surface area (Å²) in [6.45, 7) is 1.94. The summed E-state index contributed by atoms with van der Waals surface area (Å²) >= 11 is 0. The van der Waals surface area contributed by atoms with E-state index in [1.807, 2.05) is 6.92 Å². The second-order valence-corrected chi connectivity index (χ2v) is 3.07. The lowest BCUT2D eigenvalue weighted by molar-refractivity contribution is -0.137. The minimum absolute atomic E-state index is 0.138. The topological polar surface area (TPSA) is 55.6 Å². The van der Waals surface area contributed by atoms with Crippen LogP contribution >= 0.6 is 0 Å². The molecule has 0 aromatic rings. The summed E-state index contributed by atoms with van der Waals surface area (Å²) in [7, 11) is 0. The van der Waals surface area contributed by atoms with Crippen LogP contribution in [0, 0.1) is 0 Å². The van der Waals surface area contributed by atoms with Crippen molar-refractivity contribution < 1.29 is 18.3 Å². The van der Waals surface area contributed by atoms with Gasteiger partial charge in [0.25, 0.3) is 6.43 Å². The molecule has 0 fully saturated rings. The molecule has 0 saturated carbocycles. The minimum Gasteiger partial charge on any atom is -0.372 e. The Morgan fingerprint density at radius 2 is 2.20 bits per heavy atom. The van der Waals surface area contributed by atoms with E-state index in [0.29, 0.717) is 6.61 Å². The summed E-state index contributed by atoms with van der Waals surface area (Å²) in [4.78, 5) is 12.4. The van der Waals surface area contributed by atoms with Crippen LogP contribution in [0.2, 0.25) is 0 Å². The van der Waals surface area contributed by atoms with Crippen molar-refractivity contribution in [2.75, 3.05) is 32.8 Å². The zero-order valence-corrected chi connectivity index (χ0v) is 8.92. The van der Waals surface area contributed by atoms with E-state index in [4.69, 9.17) is 10.5 Å². The van der Waals surface area contributed by atoms with Crippen molar-refractivity contribution in [3.63, 3.8) is 0 Å². The Hall–Kier alpha value is -0.750. The molecule has 0 saturated heterocycles. The highest BCUT2D eigenvalue weighted by molar-refractivity contribution is 5.77. The number of halogens is 2. The molecule has 4 nitrogen and oxygen atoms in total. The third-order valence-electron chi connectivity index (χ3n) is 1.68. The fourth-order valence-electron chi connectivity index (χ4n) is 1.04. The average molecular weight is 224 g/mol. The zero-order chi connectivity index (χ0) is 11.7. The minimum atomic E-state index is -2.54. The molecule has 0 unspecified atom stereocenters. The zero-order valence-electron chi connectivity index (χ0n) is 8.92. The predicted octanol–water partition coefficient (Wildman–Crippen LogP) is 0.465. The van der Waals surface area contributed by atoms with Crippen molar-refractivity contribution in [3.8, 4) is 0 Å². The fourth-order valence-corrected chi connectivity index (χ4v) is 1.04. The van der Waals surface area contributed by atoms with Gasteiger partial charge in [0, 0.05) is 19.7 Å². The Morgan fingerprint density at radius 1 is 1.53 bits per heavy atom. The first-order valence-electron chi connectivity index (χ1n) is 4.95. The van der Waals surface area contributed by atoms with E-state index < -0.39 is 18.9 Å². The molecule has 0 aliphatic rings. The first-order valence-corrected chi connectivity index (χ1v) is 4.95. The van der Waals surface area contributed by atoms with Crippen LogP contribution in [0.3, 0.4) is 0 Å². The molecule has 0 atom stereocenters. The van der Waals surface area contributed by atoms with E-state index in [-0.39, 0.29) is 19.7 Å². The predicted molar refractivity (Wildman–Crippen MR) is 52.7 cm³/mol. The molecule has 0 aromatic carbocycles. The van der Waals surface area contributed by atoms with Gasteiger partial charge in [-0.25, -0.2) is 8.78 Å². The van der Waals surface area contributed by atoms with E-state index in [1.165, 1.54) is 0 Å². The van der Waals surface area contributed by atoms with Crippen LogP contribution < -0.4 is 5.73 Å². The standard InChI is InChI=1S/C9H18F2N2O2/c1-2-5-15-7-9(14)13(4-3-12)6-8(10)11/h8H,2-7,12H2,1H3. The third kappa shape index (κ3) is 7.21. The van der Waals surface area contributed by atoms with Crippen molar-refractivity contribution >= 4 is 5.91 Å². The Kier molecular flexibility index (Phi) is 8.12. The van der Waals surface area contributed by atoms with Gasteiger partial charge >= 0.3 is 0 Å². The van der Waals surface area contributed by atoms with E-state index in [2.05, 4.69) is 0 Å². The van der Waals surface area contributed by atoms with Crippen molar-refractivity contribution in [3.05, 3.63) is 0 Å². The molecule has 1 amide bonds. The Labute approximate surface area is 88.4 Å². The van der Waals surface area contributed by atoms with Gasteiger partial charge in [-0.05, 0) is 6.42 Å². The number of carbonyl (C=O) groups is 1. The van der Waals surface area contributed by atoms with Crippen LogP contribution in [0.15, 0.2) is 0 Å². The van der Waals surface area contributed by atoms with Crippen molar-refractivity contribution in [1.29, 1.82) is 0 Å². The van der Waals surface area contributed by atoms with Crippen LogP contribution in [0.25, 0.3) is 0 Å². The molecule has 0 rings (SSSR count). The molecule has 0 bridgehead atoms. The smallest absolute Gasteiger partial charge is 0.255 e. The van der Waals surface area contributed by atoms with E-state index in [9.17, 15) is 13.6 Å². The maximum atomic E-state index is 12.1. The Morgan fingerprint density at radius 3 is 2.67 bits per heavy atom. The molecule has 0 aliphatic heterocycles. The van der Waals surface area contributed by atoms with Crippen LogP contribution in [0.5, 0.6) is 0 Å². The Balaban J connectivity index is 3.92. The molecule has 15 heavy (non-hydrogen) atoms. The van der Waals surface area contributed by atoms with Gasteiger partial charge < -0.3 is 15.4 Å². The maximum absolute atomic E-state index is 12.1. The monoisotopic (exact) mass is 224 g/mol. The maximum Gasteiger partial charge on any atom is 0.255 e. The first kappa shape index (κ1) is 14.2. The summed E-state index contributed by atoms with van der Waals surface area (Å²) in [6.07, 6.45) is -1.74. The summed E-state index contributed by atoms with van der Waals surface area (Å²) in [5, 5.41) is 0. The molecule has 0 heterocycles. The van der Waals surface area contributed by atoms with Gasteiger partial charge in [-0.2, -0.15) is 0 Å². The second-order valence-electron chi connectivity index (χ2n) is 3.07. The molecule has 2 N–H and O–H groups in total. The van der Waals surface area contributed by atoms with Crippen molar-refractivity contribution in [2.24, 2.45) is 5.73 Å². The molecule has 0 aliphatic carbocycles. The summed E-state index contributed by atoms with van der Waals surface area (Å²) < 4.78 is 29.1. The van der Waals surface area contributed by atoms with Crippen LogP contribution in [-0.4, -0.2) is 50.1 Å². The first-order chi connectivity index (χ1) is 7.11. The van der Waals surface area contributed by atoms with Gasteiger partial charge in [0.05, 0.1) is 6.54 Å². The normalized spacial score (nSPS) is 10.7. The fraction of sp³-hybridized carbons (Fsp3) is 0.889. The van der Waals surface area contributed by atoms with E-state index >= 15 is 0 Å². The molecular formula is C9H18F2N2O2. The van der Waals surface area contributed by atoms with Crippen LogP contribution in [0.1, 0.15) is 13.3 Å². The molecule has 6 heteroatoms.